The minimum atomic E-state index is -0.562. The van der Waals surface area contributed by atoms with Crippen molar-refractivity contribution in [3.63, 3.8) is 0 Å². The van der Waals surface area contributed by atoms with Gasteiger partial charge in [-0.15, -0.1) is 11.8 Å². The van der Waals surface area contributed by atoms with Crippen LogP contribution in [0, 0.1) is 0 Å². The molecular weight excluding hydrogens is 434 g/mol. The molecule has 6 heteroatoms. The van der Waals surface area contributed by atoms with E-state index in [1.54, 1.807) is 6.26 Å². The fraction of sp³-hybridized carbons (Fsp3) is 0.185. The number of hydrogen-bond donors (Lipinski definition) is 1. The van der Waals surface area contributed by atoms with E-state index >= 15 is 0 Å². The molecule has 3 heterocycles. The lowest BCUT2D eigenvalue weighted by molar-refractivity contribution is -0.124. The van der Waals surface area contributed by atoms with Crippen LogP contribution in [-0.4, -0.2) is 17.1 Å². The van der Waals surface area contributed by atoms with Gasteiger partial charge in [-0.3, -0.25) is 9.59 Å². The zero-order chi connectivity index (χ0) is 23.0. The summed E-state index contributed by atoms with van der Waals surface area (Å²) in [4.78, 5) is 24.2. The van der Waals surface area contributed by atoms with Gasteiger partial charge in [0.05, 0.1) is 12.0 Å². The highest BCUT2D eigenvalue weighted by Gasteiger charge is 2.20. The van der Waals surface area contributed by atoms with Crippen molar-refractivity contribution in [3.8, 4) is 11.5 Å². The molecule has 33 heavy (non-hydrogen) atoms. The number of nitrogens with one attached hydrogen (secondary N) is 1. The van der Waals surface area contributed by atoms with E-state index in [9.17, 15) is 9.59 Å². The molecule has 2 aliphatic rings. The van der Waals surface area contributed by atoms with Crippen LogP contribution in [0.5, 0.6) is 11.5 Å². The molecule has 2 bridgehead atoms. The maximum absolute atomic E-state index is 12.7. The Labute approximate surface area is 197 Å². The Bertz CT molecular complexity index is 1210. The summed E-state index contributed by atoms with van der Waals surface area (Å²) in [6.45, 7) is 1.43. The molecule has 1 N–H and O–H groups in total. The normalized spacial score (nSPS) is 12.0. The second-order valence-corrected chi connectivity index (χ2v) is 8.75. The van der Waals surface area contributed by atoms with Gasteiger partial charge in [0.2, 0.25) is 5.91 Å². The van der Waals surface area contributed by atoms with E-state index in [2.05, 4.69) is 29.6 Å². The van der Waals surface area contributed by atoms with E-state index in [0.717, 1.165) is 22.8 Å². The predicted molar refractivity (Wildman–Crippen MR) is 131 cm³/mol. The van der Waals surface area contributed by atoms with E-state index < -0.39 is 5.37 Å². The van der Waals surface area contributed by atoms with Crippen molar-refractivity contribution in [2.45, 2.75) is 30.9 Å². The molecule has 0 aliphatic carbocycles. The number of thioether (sulfide) groups is 1. The second kappa shape index (κ2) is 10.9. The van der Waals surface area contributed by atoms with Gasteiger partial charge in [0, 0.05) is 19.4 Å². The third-order valence-corrected chi connectivity index (χ3v) is 6.33. The molecule has 1 amide bonds. The van der Waals surface area contributed by atoms with E-state index in [1.165, 1.54) is 29.5 Å². The zero-order valence-electron chi connectivity index (χ0n) is 18.3. The van der Waals surface area contributed by atoms with Crippen molar-refractivity contribution >= 4 is 34.2 Å². The number of furan rings is 1. The van der Waals surface area contributed by atoms with Gasteiger partial charge in [0.1, 0.15) is 22.6 Å². The average molecular weight is 460 g/mol. The van der Waals surface area contributed by atoms with Crippen LogP contribution in [0.2, 0.25) is 0 Å². The average Bonchev–Trinajstić information content (AvgIpc) is 3.34. The maximum atomic E-state index is 12.7. The fourth-order valence-electron chi connectivity index (χ4n) is 3.54. The lowest BCUT2D eigenvalue weighted by atomic mass is 10.00. The van der Waals surface area contributed by atoms with Crippen LogP contribution in [0.25, 0.3) is 10.8 Å². The van der Waals surface area contributed by atoms with Crippen LogP contribution in [0.3, 0.4) is 0 Å². The molecule has 0 fully saturated rings. The van der Waals surface area contributed by atoms with Crippen molar-refractivity contribution in [2.75, 3.05) is 0 Å². The molecule has 0 saturated heterocycles. The summed E-state index contributed by atoms with van der Waals surface area (Å²) in [6, 6.07) is 25.8. The summed E-state index contributed by atoms with van der Waals surface area (Å²) in [5, 5.41) is 4.52. The van der Waals surface area contributed by atoms with Crippen LogP contribution < -0.4 is 10.1 Å². The molecule has 0 radical (unpaired) electrons. The van der Waals surface area contributed by atoms with E-state index in [4.69, 9.17) is 9.15 Å². The molecule has 3 aromatic carbocycles. The van der Waals surface area contributed by atoms with Crippen molar-refractivity contribution < 1.29 is 18.7 Å². The number of Topliss-reactive ketones (excluding diaryl/α,β-unsaturated/α-hetero) is 1. The minimum Gasteiger partial charge on any atom is -0.468 e. The summed E-state index contributed by atoms with van der Waals surface area (Å²) in [5.74, 6) is 3.10. The van der Waals surface area contributed by atoms with Gasteiger partial charge in [-0.05, 0) is 47.0 Å². The van der Waals surface area contributed by atoms with Crippen molar-refractivity contribution in [3.05, 3.63) is 96.4 Å². The number of rotatable bonds is 8. The molecule has 0 unspecified atom stereocenters. The first-order valence-corrected chi connectivity index (χ1v) is 11.8. The minimum absolute atomic E-state index is 0.0182. The summed E-state index contributed by atoms with van der Waals surface area (Å²) in [6.07, 6.45) is 2.63. The number of carbonyl (C=O) groups is 2. The number of amides is 1. The van der Waals surface area contributed by atoms with Gasteiger partial charge in [-0.25, -0.2) is 0 Å². The number of carbonyl (C=O) groups excluding carboxylic acids is 2. The smallest absolute Gasteiger partial charge is 0.218 e. The number of hydrogen-bond acceptors (Lipinski definition) is 5. The highest BCUT2D eigenvalue weighted by Crippen LogP contribution is 2.33. The standard InChI is InChI=1S/C21H21NO3S.C6H4O/c1-15(23)22-21(26-14-18-9-5-13-25-18)20(24)12-11-17-8-4-7-16-6-2-3-10-19(16)17;1-2-5-4-6(3-1)7-5/h2-10,13,21H,11-12,14H2,1H3,(H,22,23);1-4H/t21-;/m0./s1. The summed E-state index contributed by atoms with van der Waals surface area (Å²) < 4.78 is 10.3. The van der Waals surface area contributed by atoms with E-state index in [0.29, 0.717) is 18.6 Å². The quantitative estimate of drug-likeness (QED) is 0.283. The second-order valence-electron chi connectivity index (χ2n) is 7.65. The Hall–Kier alpha value is -3.51. The van der Waals surface area contributed by atoms with Gasteiger partial charge in [0.15, 0.2) is 5.78 Å². The Morgan fingerprint density at radius 1 is 0.939 bits per heavy atom. The third kappa shape index (κ3) is 6.26. The van der Waals surface area contributed by atoms with Crippen LogP contribution in [0.4, 0.5) is 0 Å². The number of fused-ring (bicyclic) bond motifs is 3. The molecule has 2 aliphatic heterocycles. The number of benzene rings is 3. The lowest BCUT2D eigenvalue weighted by Gasteiger charge is -2.16. The van der Waals surface area contributed by atoms with Crippen LogP contribution in [0.15, 0.2) is 89.5 Å². The fourth-order valence-corrected chi connectivity index (χ4v) is 4.59. The van der Waals surface area contributed by atoms with Crippen LogP contribution in [0.1, 0.15) is 24.7 Å². The highest BCUT2D eigenvalue weighted by molar-refractivity contribution is 7.99. The first-order valence-electron chi connectivity index (χ1n) is 10.8. The molecule has 1 aromatic heterocycles. The lowest BCUT2D eigenvalue weighted by Crippen LogP contribution is -2.37. The molecule has 0 saturated carbocycles. The zero-order valence-corrected chi connectivity index (χ0v) is 19.1. The van der Waals surface area contributed by atoms with Gasteiger partial charge in [-0.1, -0.05) is 48.5 Å². The highest BCUT2D eigenvalue weighted by atomic mass is 32.2. The topological polar surface area (TPSA) is 68.5 Å². The molecule has 0 spiro atoms. The largest absolute Gasteiger partial charge is 0.468 e. The molecule has 1 atom stereocenters. The third-order valence-electron chi connectivity index (χ3n) is 5.16. The van der Waals surface area contributed by atoms with Gasteiger partial charge >= 0.3 is 0 Å². The van der Waals surface area contributed by atoms with Gasteiger partial charge in [-0.2, -0.15) is 0 Å². The van der Waals surface area contributed by atoms with Crippen molar-refractivity contribution in [2.24, 2.45) is 0 Å². The molecular formula is C27H25NO4S. The van der Waals surface area contributed by atoms with E-state index in [1.807, 2.05) is 54.6 Å². The SMILES string of the molecule is CC(=O)N[C@@H](SCc1ccco1)C(=O)CCc1cccc2ccccc12.c1cc2cc(c1)O2. The summed E-state index contributed by atoms with van der Waals surface area (Å²) in [7, 11) is 0. The van der Waals surface area contributed by atoms with Crippen molar-refractivity contribution in [1.82, 2.24) is 5.32 Å². The molecule has 6 rings (SSSR count). The predicted octanol–water partition coefficient (Wildman–Crippen LogP) is 6.12. The Kier molecular flexibility index (Phi) is 7.47. The maximum Gasteiger partial charge on any atom is 0.218 e. The number of ketones is 1. The van der Waals surface area contributed by atoms with E-state index in [-0.39, 0.29) is 11.7 Å². The summed E-state index contributed by atoms with van der Waals surface area (Å²) in [5.41, 5.74) is 1.15. The molecule has 168 valence electrons. The first kappa shape index (κ1) is 22.7. The Balaban J connectivity index is 0.000000310. The van der Waals surface area contributed by atoms with Crippen molar-refractivity contribution in [1.29, 1.82) is 0 Å². The van der Waals surface area contributed by atoms with Gasteiger partial charge < -0.3 is 14.5 Å². The summed E-state index contributed by atoms with van der Waals surface area (Å²) >= 11 is 1.38. The first-order chi connectivity index (χ1) is 16.1. The van der Waals surface area contributed by atoms with Crippen LogP contribution in [-0.2, 0) is 21.8 Å². The molecule has 5 nitrogen and oxygen atoms in total. The van der Waals surface area contributed by atoms with Gasteiger partial charge in [0.25, 0.3) is 0 Å². The number of aryl methyl sites for hydroxylation is 1. The number of ether oxygens (including phenoxy) is 1. The molecule has 4 aromatic rings. The Morgan fingerprint density at radius 2 is 1.67 bits per heavy atom. The van der Waals surface area contributed by atoms with Crippen LogP contribution >= 0.6 is 11.8 Å². The Morgan fingerprint density at radius 3 is 2.30 bits per heavy atom. The monoisotopic (exact) mass is 459 g/mol.